The van der Waals surface area contributed by atoms with Gasteiger partial charge >= 0.3 is 0 Å². The number of nitrogens with one attached hydrogen (secondary N) is 1. The summed E-state index contributed by atoms with van der Waals surface area (Å²) in [5, 5.41) is 19.1. The van der Waals surface area contributed by atoms with Crippen molar-refractivity contribution in [2.75, 3.05) is 5.32 Å². The molecule has 1 N–H and O–H groups in total. The van der Waals surface area contributed by atoms with E-state index in [1.54, 1.807) is 18.2 Å². The summed E-state index contributed by atoms with van der Waals surface area (Å²) in [6.07, 6.45) is 2.89. The van der Waals surface area contributed by atoms with Gasteiger partial charge in [0, 0.05) is 10.6 Å². The van der Waals surface area contributed by atoms with E-state index in [4.69, 9.17) is 11.6 Å². The summed E-state index contributed by atoms with van der Waals surface area (Å²) < 4.78 is 14.5. The van der Waals surface area contributed by atoms with Crippen molar-refractivity contribution < 1.29 is 9.18 Å². The summed E-state index contributed by atoms with van der Waals surface area (Å²) in [4.78, 5) is 17.5. The third kappa shape index (κ3) is 3.86. The zero-order chi connectivity index (χ0) is 19.5. The van der Waals surface area contributed by atoms with E-state index < -0.39 is 0 Å². The number of hydrogen-bond donors (Lipinski definition) is 1. The highest BCUT2D eigenvalue weighted by Gasteiger charge is 2.13. The molecule has 0 atom stereocenters. The second kappa shape index (κ2) is 7.53. The van der Waals surface area contributed by atoms with Crippen molar-refractivity contribution in [3.8, 4) is 17.1 Å². The quantitative estimate of drug-likeness (QED) is 0.553. The average molecular weight is 399 g/mol. The lowest BCUT2D eigenvalue weighted by Gasteiger charge is -2.11. The number of amides is 1. The topological polar surface area (TPSA) is 103 Å². The Kier molecular flexibility index (Phi) is 4.77. The van der Waals surface area contributed by atoms with Crippen LogP contribution >= 0.6 is 11.6 Å². The van der Waals surface area contributed by atoms with Crippen molar-refractivity contribution in [3.05, 3.63) is 66.0 Å². The molecule has 2 aromatic carbocycles. The molecule has 0 radical (unpaired) electrons. The molecule has 2 heterocycles. The molecule has 9 nitrogen and oxygen atoms in total. The summed E-state index contributed by atoms with van der Waals surface area (Å²) in [6, 6.07) is 10.7. The van der Waals surface area contributed by atoms with Gasteiger partial charge in [-0.25, -0.2) is 14.1 Å². The van der Waals surface area contributed by atoms with Gasteiger partial charge in [0.05, 0.1) is 11.4 Å². The van der Waals surface area contributed by atoms with Crippen LogP contribution in [-0.4, -0.2) is 40.9 Å². The van der Waals surface area contributed by atoms with Crippen LogP contribution in [0.25, 0.3) is 17.1 Å². The lowest BCUT2D eigenvalue weighted by Crippen LogP contribution is -2.21. The van der Waals surface area contributed by atoms with Gasteiger partial charge in [0.15, 0.2) is 0 Å². The largest absolute Gasteiger partial charge is 0.322 e. The van der Waals surface area contributed by atoms with Gasteiger partial charge in [-0.3, -0.25) is 4.79 Å². The molecule has 2 aromatic heterocycles. The van der Waals surface area contributed by atoms with Gasteiger partial charge in [0.2, 0.25) is 11.7 Å². The molecule has 0 bridgehead atoms. The Bertz CT molecular complexity index is 1110. The number of carbonyl (C=O) groups is 1. The van der Waals surface area contributed by atoms with Crippen LogP contribution in [0, 0.1) is 5.82 Å². The lowest BCUT2D eigenvalue weighted by atomic mass is 10.2. The highest BCUT2D eigenvalue weighted by atomic mass is 35.5. The van der Waals surface area contributed by atoms with Gasteiger partial charge in [-0.2, -0.15) is 9.90 Å². The molecule has 4 aromatic rings. The van der Waals surface area contributed by atoms with Crippen LogP contribution in [0.2, 0.25) is 5.02 Å². The second-order valence-corrected chi connectivity index (χ2v) is 6.14. The van der Waals surface area contributed by atoms with E-state index in [0.29, 0.717) is 27.8 Å². The smallest absolute Gasteiger partial charge is 0.248 e. The number of aromatic nitrogens is 7. The van der Waals surface area contributed by atoms with E-state index in [9.17, 15) is 9.18 Å². The van der Waals surface area contributed by atoms with Crippen LogP contribution in [-0.2, 0) is 11.3 Å². The van der Waals surface area contributed by atoms with E-state index in [1.165, 1.54) is 41.6 Å². The monoisotopic (exact) mass is 398 g/mol. The molecule has 0 aliphatic carbocycles. The highest BCUT2D eigenvalue weighted by Crippen LogP contribution is 2.24. The minimum atomic E-state index is -0.383. The van der Waals surface area contributed by atoms with Gasteiger partial charge in [0.25, 0.3) is 0 Å². The summed E-state index contributed by atoms with van der Waals surface area (Å²) in [5.74, 6) is -0.453. The first-order valence-electron chi connectivity index (χ1n) is 8.06. The van der Waals surface area contributed by atoms with Crippen LogP contribution in [0.5, 0.6) is 0 Å². The SMILES string of the molecule is O=C(Cn1nnc(-c2ccc(F)cc2)n1)Nc1cc(Cl)ccc1-n1cncn1. The lowest BCUT2D eigenvalue weighted by molar-refractivity contribution is -0.117. The molecule has 0 saturated heterocycles. The summed E-state index contributed by atoms with van der Waals surface area (Å²) >= 11 is 6.04. The van der Waals surface area contributed by atoms with Crippen molar-refractivity contribution in [2.24, 2.45) is 0 Å². The third-order valence-electron chi connectivity index (χ3n) is 3.74. The van der Waals surface area contributed by atoms with Crippen LogP contribution in [0.3, 0.4) is 0 Å². The predicted molar refractivity (Wildman–Crippen MR) is 98.2 cm³/mol. The van der Waals surface area contributed by atoms with E-state index >= 15 is 0 Å². The first kappa shape index (κ1) is 17.7. The first-order chi connectivity index (χ1) is 13.6. The maximum absolute atomic E-state index is 13.0. The Morgan fingerprint density at radius 1 is 1.18 bits per heavy atom. The minimum Gasteiger partial charge on any atom is -0.322 e. The summed E-state index contributed by atoms with van der Waals surface area (Å²) in [6.45, 7) is -0.169. The van der Waals surface area contributed by atoms with Crippen LogP contribution in [0.4, 0.5) is 10.1 Å². The molecule has 28 heavy (non-hydrogen) atoms. The van der Waals surface area contributed by atoms with Crippen molar-refractivity contribution in [1.82, 2.24) is 35.0 Å². The second-order valence-electron chi connectivity index (χ2n) is 5.70. The van der Waals surface area contributed by atoms with Gasteiger partial charge in [-0.1, -0.05) is 11.6 Å². The first-order valence-corrected chi connectivity index (χ1v) is 8.44. The third-order valence-corrected chi connectivity index (χ3v) is 3.97. The molecule has 0 saturated carbocycles. The molecule has 1 amide bonds. The average Bonchev–Trinajstić information content (AvgIpc) is 3.35. The van der Waals surface area contributed by atoms with Crippen LogP contribution in [0.15, 0.2) is 55.1 Å². The Labute approximate surface area is 162 Å². The van der Waals surface area contributed by atoms with Gasteiger partial charge in [-0.15, -0.1) is 10.2 Å². The number of anilines is 1. The number of hydrogen-bond acceptors (Lipinski definition) is 6. The zero-order valence-corrected chi connectivity index (χ0v) is 15.0. The maximum atomic E-state index is 13.0. The van der Waals surface area contributed by atoms with Crippen molar-refractivity contribution in [1.29, 1.82) is 0 Å². The molecule has 0 aliphatic rings. The van der Waals surface area contributed by atoms with Crippen LogP contribution < -0.4 is 5.32 Å². The maximum Gasteiger partial charge on any atom is 0.248 e. The van der Waals surface area contributed by atoms with Crippen molar-refractivity contribution in [2.45, 2.75) is 6.54 Å². The normalized spacial score (nSPS) is 10.8. The van der Waals surface area contributed by atoms with E-state index in [-0.39, 0.29) is 18.3 Å². The van der Waals surface area contributed by atoms with E-state index in [2.05, 4.69) is 30.8 Å². The van der Waals surface area contributed by atoms with Gasteiger partial charge in [-0.05, 0) is 47.7 Å². The summed E-state index contributed by atoms with van der Waals surface area (Å²) in [7, 11) is 0. The summed E-state index contributed by atoms with van der Waals surface area (Å²) in [5.41, 5.74) is 1.66. The molecule has 0 fully saturated rings. The molecule has 0 aliphatic heterocycles. The standard InChI is InChI=1S/C17H12ClFN8O/c18-12-3-6-15(26-10-20-9-21-26)14(7-12)22-16(28)8-27-24-17(23-25-27)11-1-4-13(19)5-2-11/h1-7,9-10H,8H2,(H,22,28). The van der Waals surface area contributed by atoms with Gasteiger partial charge < -0.3 is 5.32 Å². The Balaban J connectivity index is 1.50. The highest BCUT2D eigenvalue weighted by molar-refractivity contribution is 6.31. The minimum absolute atomic E-state index is 0.169. The van der Waals surface area contributed by atoms with Crippen molar-refractivity contribution >= 4 is 23.2 Å². The molecule has 140 valence electrons. The number of benzene rings is 2. The fraction of sp³-hybridized carbons (Fsp3) is 0.0588. The number of tetrazole rings is 1. The zero-order valence-electron chi connectivity index (χ0n) is 14.2. The number of nitrogens with zero attached hydrogens (tertiary/aromatic N) is 7. The molecule has 11 heteroatoms. The fourth-order valence-electron chi connectivity index (χ4n) is 2.48. The Hall–Kier alpha value is -3.66. The van der Waals surface area contributed by atoms with Gasteiger partial charge in [0.1, 0.15) is 25.0 Å². The molecule has 4 rings (SSSR count). The number of halogens is 2. The molecule has 0 spiro atoms. The molecular weight excluding hydrogens is 387 g/mol. The van der Waals surface area contributed by atoms with E-state index in [0.717, 1.165) is 4.80 Å². The number of rotatable bonds is 5. The van der Waals surface area contributed by atoms with E-state index in [1.807, 2.05) is 0 Å². The van der Waals surface area contributed by atoms with Crippen LogP contribution in [0.1, 0.15) is 0 Å². The molecular formula is C17H12ClFN8O. The predicted octanol–water partition coefficient (Wildman–Crippen LogP) is 2.35. The molecule has 0 unspecified atom stereocenters. The number of carbonyl (C=O) groups excluding carboxylic acids is 1. The Morgan fingerprint density at radius 2 is 2.00 bits per heavy atom. The Morgan fingerprint density at radius 3 is 2.75 bits per heavy atom. The fourth-order valence-corrected chi connectivity index (χ4v) is 2.66. The van der Waals surface area contributed by atoms with Crippen molar-refractivity contribution in [3.63, 3.8) is 0 Å².